The summed E-state index contributed by atoms with van der Waals surface area (Å²) in [6.07, 6.45) is 2.10. The van der Waals surface area contributed by atoms with E-state index in [0.29, 0.717) is 17.0 Å². The maximum absolute atomic E-state index is 12.2. The van der Waals surface area contributed by atoms with Gasteiger partial charge in [-0.15, -0.1) is 0 Å². The van der Waals surface area contributed by atoms with Gasteiger partial charge in [0.2, 0.25) is 0 Å². The summed E-state index contributed by atoms with van der Waals surface area (Å²) in [6, 6.07) is 12.3. The van der Waals surface area contributed by atoms with Crippen molar-refractivity contribution in [1.29, 1.82) is 0 Å². The first kappa shape index (κ1) is 24.1. The first-order valence-corrected chi connectivity index (χ1v) is 10.5. The number of carbonyl (C=O) groups is 3. The maximum atomic E-state index is 12.2. The van der Waals surface area contributed by atoms with E-state index >= 15 is 0 Å². The van der Waals surface area contributed by atoms with Gasteiger partial charge in [0.25, 0.3) is 5.91 Å². The van der Waals surface area contributed by atoms with E-state index in [-0.39, 0.29) is 18.6 Å². The van der Waals surface area contributed by atoms with Crippen molar-refractivity contribution in [2.45, 2.75) is 33.2 Å². The van der Waals surface area contributed by atoms with E-state index in [1.165, 1.54) is 6.21 Å². The quantitative estimate of drug-likeness (QED) is 0.301. The van der Waals surface area contributed by atoms with Gasteiger partial charge in [0.05, 0.1) is 6.21 Å². The molecular formula is C22H25BrN4O4. The molecule has 1 atom stereocenters. The molecule has 0 unspecified atom stereocenters. The molecule has 0 bridgehead atoms. The molecule has 0 heterocycles. The summed E-state index contributed by atoms with van der Waals surface area (Å²) in [4.78, 5) is 35.5. The minimum absolute atomic E-state index is 0.0964. The topological polar surface area (TPSA) is 109 Å². The Bertz CT molecular complexity index is 978. The average molecular weight is 489 g/mol. The van der Waals surface area contributed by atoms with Crippen molar-refractivity contribution in [3.63, 3.8) is 0 Å². The zero-order valence-corrected chi connectivity index (χ0v) is 19.2. The van der Waals surface area contributed by atoms with Crippen LogP contribution in [0.15, 0.2) is 52.0 Å². The monoisotopic (exact) mass is 488 g/mol. The van der Waals surface area contributed by atoms with Gasteiger partial charge in [0, 0.05) is 16.2 Å². The third-order valence-electron chi connectivity index (χ3n) is 4.27. The van der Waals surface area contributed by atoms with Crippen molar-refractivity contribution in [2.24, 2.45) is 5.10 Å². The van der Waals surface area contributed by atoms with Gasteiger partial charge in [-0.2, -0.15) is 5.10 Å². The van der Waals surface area contributed by atoms with Crippen molar-refractivity contribution in [3.8, 4) is 5.75 Å². The first-order valence-electron chi connectivity index (χ1n) is 9.71. The lowest BCUT2D eigenvalue weighted by Gasteiger charge is -2.10. The molecule has 3 N–H and O–H groups in total. The van der Waals surface area contributed by atoms with Crippen LogP contribution in [0, 0.1) is 6.92 Å². The van der Waals surface area contributed by atoms with Crippen LogP contribution in [0.3, 0.4) is 0 Å². The van der Waals surface area contributed by atoms with Crippen molar-refractivity contribution in [1.82, 2.24) is 10.7 Å². The standard InChI is InChI=1S/C22H25BrN4O4/c1-4-15(3)25-21(29)22(30)27-24-12-16-6-5-7-18(11-16)31-13-20(28)26-19-9-8-17(23)10-14(19)2/h5-12,15H,4,13H2,1-3H3,(H,25,29)(H,26,28)(H,27,30)/b24-12-/t15-/m1/s1. The molecule has 0 fully saturated rings. The zero-order valence-electron chi connectivity index (χ0n) is 17.6. The van der Waals surface area contributed by atoms with Crippen LogP contribution in [-0.4, -0.2) is 36.6 Å². The van der Waals surface area contributed by atoms with Crippen molar-refractivity contribution >= 4 is 45.6 Å². The summed E-state index contributed by atoms with van der Waals surface area (Å²) in [7, 11) is 0. The smallest absolute Gasteiger partial charge is 0.329 e. The first-order chi connectivity index (χ1) is 14.8. The van der Waals surface area contributed by atoms with E-state index < -0.39 is 11.8 Å². The van der Waals surface area contributed by atoms with Crippen LogP contribution in [0.5, 0.6) is 5.75 Å². The molecule has 0 spiro atoms. The molecule has 2 aromatic rings. The average Bonchev–Trinajstić information content (AvgIpc) is 2.74. The summed E-state index contributed by atoms with van der Waals surface area (Å²) in [5.41, 5.74) is 4.45. The van der Waals surface area contributed by atoms with Crippen LogP contribution < -0.4 is 20.8 Å². The molecule has 0 radical (unpaired) electrons. The van der Waals surface area contributed by atoms with Gasteiger partial charge in [-0.05, 0) is 61.7 Å². The fourth-order valence-electron chi connectivity index (χ4n) is 2.39. The molecule has 0 aromatic heterocycles. The van der Waals surface area contributed by atoms with E-state index in [1.54, 1.807) is 31.2 Å². The number of nitrogens with one attached hydrogen (secondary N) is 3. The van der Waals surface area contributed by atoms with Crippen LogP contribution in [0.1, 0.15) is 31.4 Å². The number of hydrogen-bond donors (Lipinski definition) is 3. The Morgan fingerprint density at radius 3 is 2.65 bits per heavy atom. The third kappa shape index (κ3) is 8.21. The molecule has 0 aliphatic rings. The number of rotatable bonds is 8. The Morgan fingerprint density at radius 2 is 1.94 bits per heavy atom. The molecule has 31 heavy (non-hydrogen) atoms. The van der Waals surface area contributed by atoms with E-state index in [4.69, 9.17) is 4.74 Å². The molecule has 0 saturated carbocycles. The molecule has 3 amide bonds. The third-order valence-corrected chi connectivity index (χ3v) is 4.76. The second kappa shape index (κ2) is 11.8. The van der Waals surface area contributed by atoms with Gasteiger partial charge >= 0.3 is 11.8 Å². The summed E-state index contributed by atoms with van der Waals surface area (Å²) in [5, 5.41) is 9.13. The van der Waals surface area contributed by atoms with Gasteiger partial charge < -0.3 is 15.4 Å². The maximum Gasteiger partial charge on any atom is 0.329 e. The van der Waals surface area contributed by atoms with Crippen molar-refractivity contribution < 1.29 is 19.1 Å². The van der Waals surface area contributed by atoms with Crippen LogP contribution in [0.2, 0.25) is 0 Å². The number of nitrogens with zero attached hydrogens (tertiary/aromatic N) is 1. The number of aryl methyl sites for hydroxylation is 1. The number of carbonyl (C=O) groups excluding carboxylic acids is 3. The molecular weight excluding hydrogens is 464 g/mol. The second-order valence-corrected chi connectivity index (χ2v) is 7.77. The molecule has 164 valence electrons. The SMILES string of the molecule is CC[C@@H](C)NC(=O)C(=O)N/N=C\c1cccc(OCC(=O)Nc2ccc(Br)cc2C)c1. The molecule has 9 heteroatoms. The molecule has 8 nitrogen and oxygen atoms in total. The lowest BCUT2D eigenvalue weighted by molar-refractivity contribution is -0.139. The highest BCUT2D eigenvalue weighted by Crippen LogP contribution is 2.20. The number of anilines is 1. The second-order valence-electron chi connectivity index (χ2n) is 6.85. The lowest BCUT2D eigenvalue weighted by atomic mass is 10.2. The normalized spacial score (nSPS) is 11.6. The summed E-state index contributed by atoms with van der Waals surface area (Å²) in [6.45, 7) is 5.45. The molecule has 0 saturated heterocycles. The largest absolute Gasteiger partial charge is 0.484 e. The number of ether oxygens (including phenoxy) is 1. The highest BCUT2D eigenvalue weighted by molar-refractivity contribution is 9.10. The number of halogens is 1. The molecule has 0 aliphatic carbocycles. The summed E-state index contributed by atoms with van der Waals surface area (Å²) >= 11 is 3.38. The molecule has 2 aromatic carbocycles. The minimum atomic E-state index is -0.844. The fourth-order valence-corrected chi connectivity index (χ4v) is 2.87. The Labute approximate surface area is 189 Å². The van der Waals surface area contributed by atoms with E-state index in [2.05, 4.69) is 37.1 Å². The zero-order chi connectivity index (χ0) is 22.8. The number of hydrogen-bond acceptors (Lipinski definition) is 5. The minimum Gasteiger partial charge on any atom is -0.484 e. The Balaban J connectivity index is 1.85. The van der Waals surface area contributed by atoms with Crippen molar-refractivity contribution in [3.05, 3.63) is 58.1 Å². The van der Waals surface area contributed by atoms with Crippen LogP contribution >= 0.6 is 15.9 Å². The van der Waals surface area contributed by atoms with Gasteiger partial charge in [-0.3, -0.25) is 14.4 Å². The van der Waals surface area contributed by atoms with Gasteiger partial charge in [0.1, 0.15) is 5.75 Å². The van der Waals surface area contributed by atoms with E-state index in [9.17, 15) is 14.4 Å². The Kier molecular flexibility index (Phi) is 9.20. The van der Waals surface area contributed by atoms with Gasteiger partial charge in [0.15, 0.2) is 6.61 Å². The van der Waals surface area contributed by atoms with E-state index in [1.807, 2.05) is 32.0 Å². The lowest BCUT2D eigenvalue weighted by Crippen LogP contribution is -2.41. The van der Waals surface area contributed by atoms with Gasteiger partial charge in [-0.25, -0.2) is 5.43 Å². The molecule has 0 aliphatic heterocycles. The number of hydrazone groups is 1. The predicted molar refractivity (Wildman–Crippen MR) is 123 cm³/mol. The van der Waals surface area contributed by atoms with Crippen molar-refractivity contribution in [2.75, 3.05) is 11.9 Å². The van der Waals surface area contributed by atoms with Crippen LogP contribution in [-0.2, 0) is 14.4 Å². The highest BCUT2D eigenvalue weighted by Gasteiger charge is 2.14. The molecule has 2 rings (SSSR count). The van der Waals surface area contributed by atoms with Gasteiger partial charge in [-0.1, -0.05) is 35.0 Å². The summed E-state index contributed by atoms with van der Waals surface area (Å²) in [5.74, 6) is -1.41. The fraction of sp³-hybridized carbons (Fsp3) is 0.273. The summed E-state index contributed by atoms with van der Waals surface area (Å²) < 4.78 is 6.47. The van der Waals surface area contributed by atoms with Crippen LogP contribution in [0.4, 0.5) is 5.69 Å². The van der Waals surface area contributed by atoms with Crippen LogP contribution in [0.25, 0.3) is 0 Å². The predicted octanol–water partition coefficient (Wildman–Crippen LogP) is 3.14. The Morgan fingerprint density at radius 1 is 1.16 bits per heavy atom. The number of amides is 3. The highest BCUT2D eigenvalue weighted by atomic mass is 79.9. The van der Waals surface area contributed by atoms with E-state index in [0.717, 1.165) is 16.5 Å². The Hall–Kier alpha value is -3.20. The number of benzene rings is 2.